The Morgan fingerprint density at radius 2 is 0.974 bits per heavy atom. The van der Waals surface area contributed by atoms with E-state index in [0.717, 1.165) is 25.7 Å². The quantitative estimate of drug-likeness (QED) is 0.263. The third kappa shape index (κ3) is 9.89. The minimum atomic E-state index is -1.82. The average molecular weight is 547 g/mol. The van der Waals surface area contributed by atoms with Gasteiger partial charge in [0.2, 0.25) is 0 Å². The van der Waals surface area contributed by atoms with E-state index in [1.807, 2.05) is 41.5 Å². The summed E-state index contributed by atoms with van der Waals surface area (Å²) in [5.41, 5.74) is 10.8. The molecule has 4 rings (SSSR count). The molecular formula is C24H42N4O10. The molecular weight excluding hydrogens is 504 g/mol. The zero-order chi connectivity index (χ0) is 29.0. The van der Waals surface area contributed by atoms with Crippen molar-refractivity contribution in [1.29, 1.82) is 0 Å². The molecule has 8 atom stereocenters. The zero-order valence-electron chi connectivity index (χ0n) is 22.8. The summed E-state index contributed by atoms with van der Waals surface area (Å²) in [6, 6.07) is 0.364. The summed E-state index contributed by atoms with van der Waals surface area (Å²) in [5.74, 6) is -3.65. The number of aliphatic carboxylic acids is 2. The summed E-state index contributed by atoms with van der Waals surface area (Å²) in [6.07, 6.45) is 2.83. The van der Waals surface area contributed by atoms with Crippen molar-refractivity contribution in [2.75, 3.05) is 0 Å². The molecule has 0 aliphatic carbocycles. The molecule has 4 heterocycles. The molecule has 2 amide bonds. The Bertz CT molecular complexity index is 797. The van der Waals surface area contributed by atoms with Crippen molar-refractivity contribution in [3.8, 4) is 0 Å². The van der Waals surface area contributed by atoms with Crippen LogP contribution < -0.4 is 22.1 Å². The van der Waals surface area contributed by atoms with Crippen LogP contribution in [-0.4, -0.2) is 94.1 Å². The molecule has 14 nitrogen and oxygen atoms in total. The first-order valence-corrected chi connectivity index (χ1v) is 12.6. The molecule has 0 unspecified atom stereocenters. The van der Waals surface area contributed by atoms with Gasteiger partial charge in [-0.1, -0.05) is 0 Å². The van der Waals surface area contributed by atoms with Crippen LogP contribution in [-0.2, 0) is 28.5 Å². The molecule has 0 spiro atoms. The number of nitrogens with two attached hydrogens (primary N) is 2. The first-order valence-electron chi connectivity index (χ1n) is 12.6. The number of carboxylic acid groups (broad SMARTS) is 2. The molecule has 14 heteroatoms. The van der Waals surface area contributed by atoms with E-state index < -0.39 is 23.1 Å². The van der Waals surface area contributed by atoms with Gasteiger partial charge in [0.1, 0.15) is 11.2 Å². The molecule has 0 saturated carbocycles. The fourth-order valence-electron chi connectivity index (χ4n) is 4.61. The van der Waals surface area contributed by atoms with E-state index in [9.17, 15) is 9.59 Å². The van der Waals surface area contributed by atoms with Crippen molar-refractivity contribution in [3.05, 3.63) is 0 Å². The first kappa shape index (κ1) is 31.5. The molecule has 4 fully saturated rings. The molecule has 0 radical (unpaired) electrons. The van der Waals surface area contributed by atoms with Gasteiger partial charge in [-0.2, -0.15) is 0 Å². The van der Waals surface area contributed by atoms with Crippen LogP contribution >= 0.6 is 0 Å². The van der Waals surface area contributed by atoms with E-state index >= 15 is 0 Å². The normalized spacial score (nSPS) is 32.7. The van der Waals surface area contributed by atoms with Gasteiger partial charge in [-0.05, 0) is 67.2 Å². The van der Waals surface area contributed by atoms with Crippen LogP contribution in [0.2, 0.25) is 0 Å². The summed E-state index contributed by atoms with van der Waals surface area (Å²) in [7, 11) is 0. The number of alkyl carbamates (subject to hydrolysis) is 2. The Kier molecular flexibility index (Phi) is 10.3. The van der Waals surface area contributed by atoms with Gasteiger partial charge in [0.05, 0.1) is 36.5 Å². The van der Waals surface area contributed by atoms with E-state index in [0.29, 0.717) is 0 Å². The molecule has 38 heavy (non-hydrogen) atoms. The van der Waals surface area contributed by atoms with Crippen molar-refractivity contribution < 1.29 is 48.3 Å². The second-order valence-corrected chi connectivity index (χ2v) is 11.8. The van der Waals surface area contributed by atoms with Gasteiger partial charge in [-0.25, -0.2) is 19.2 Å². The van der Waals surface area contributed by atoms with Crippen LogP contribution in [0.25, 0.3) is 0 Å². The van der Waals surface area contributed by atoms with Crippen molar-refractivity contribution >= 4 is 24.1 Å². The van der Waals surface area contributed by atoms with Crippen LogP contribution in [0.1, 0.15) is 67.2 Å². The van der Waals surface area contributed by atoms with E-state index in [4.69, 9.17) is 50.2 Å². The number of ether oxygens (including phenoxy) is 4. The van der Waals surface area contributed by atoms with E-state index in [-0.39, 0.29) is 60.8 Å². The van der Waals surface area contributed by atoms with Crippen molar-refractivity contribution in [3.63, 3.8) is 0 Å². The maximum absolute atomic E-state index is 11.6. The number of rotatable bonds is 2. The second-order valence-electron chi connectivity index (χ2n) is 11.8. The third-order valence-electron chi connectivity index (χ3n) is 6.12. The Hall–Kier alpha value is -2.68. The number of hydrogen-bond donors (Lipinski definition) is 6. The Labute approximate surface area is 222 Å². The van der Waals surface area contributed by atoms with Gasteiger partial charge in [0, 0.05) is 12.1 Å². The topological polar surface area (TPSA) is 222 Å². The maximum atomic E-state index is 11.6. The van der Waals surface area contributed by atoms with Crippen molar-refractivity contribution in [1.82, 2.24) is 10.6 Å². The SMILES string of the molecule is CC(C)(C)OC(=O)N[C@H]1C[C@H]2O[C@@H]1C[C@@H]2N.CC(C)(C)OC(=O)N[C@H]1C[C@H]2O[C@@H]1C[C@@H]2N.O=C(O)C(=O)O. The monoisotopic (exact) mass is 546 g/mol. The zero-order valence-corrected chi connectivity index (χ0v) is 22.8. The Balaban J connectivity index is 0.000000221. The van der Waals surface area contributed by atoms with Gasteiger partial charge in [-0.15, -0.1) is 0 Å². The molecule has 0 aromatic carbocycles. The second kappa shape index (κ2) is 12.5. The van der Waals surface area contributed by atoms with Gasteiger partial charge >= 0.3 is 24.1 Å². The lowest BCUT2D eigenvalue weighted by atomic mass is 9.92. The van der Waals surface area contributed by atoms with Crippen LogP contribution in [0.5, 0.6) is 0 Å². The van der Waals surface area contributed by atoms with Crippen molar-refractivity contribution in [2.24, 2.45) is 11.5 Å². The van der Waals surface area contributed by atoms with Crippen molar-refractivity contribution in [2.45, 2.75) is 127 Å². The highest BCUT2D eigenvalue weighted by molar-refractivity contribution is 6.27. The molecule has 218 valence electrons. The van der Waals surface area contributed by atoms with E-state index in [1.165, 1.54) is 0 Å². The predicted molar refractivity (Wildman–Crippen MR) is 133 cm³/mol. The minimum Gasteiger partial charge on any atom is -0.473 e. The third-order valence-corrected chi connectivity index (χ3v) is 6.12. The summed E-state index contributed by atoms with van der Waals surface area (Å²) in [5, 5.41) is 20.5. The first-order chi connectivity index (χ1) is 17.3. The lowest BCUT2D eigenvalue weighted by Crippen LogP contribution is -2.47. The molecule has 0 aromatic heterocycles. The fraction of sp³-hybridized carbons (Fsp3) is 0.833. The standard InChI is InChI=1S/2C11H20N2O3.C2H2O4/c2*1-11(2,3)16-10(14)13-7-5-8-6(12)4-9(7)15-8;3-1(4)2(5)6/h2*6-9H,4-5,12H2,1-3H3,(H,13,14);(H,3,4)(H,5,6)/t2*6-,7-,8+,9+;/m00./s1. The average Bonchev–Trinajstić information content (AvgIpc) is 3.47. The number of hydrogen-bond acceptors (Lipinski definition) is 10. The van der Waals surface area contributed by atoms with Crippen LogP contribution in [0.15, 0.2) is 0 Å². The molecule has 4 aliphatic heterocycles. The highest BCUT2D eigenvalue weighted by Crippen LogP contribution is 2.34. The Morgan fingerprint density at radius 3 is 1.16 bits per heavy atom. The number of carboxylic acids is 2. The highest BCUT2D eigenvalue weighted by atomic mass is 16.6. The van der Waals surface area contributed by atoms with Crippen LogP contribution in [0, 0.1) is 0 Å². The fourth-order valence-corrected chi connectivity index (χ4v) is 4.61. The van der Waals surface area contributed by atoms with Gasteiger partial charge < -0.3 is 51.3 Å². The summed E-state index contributed by atoms with van der Waals surface area (Å²) < 4.78 is 21.7. The number of amides is 2. The molecule has 4 bridgehead atoms. The Morgan fingerprint density at radius 1 is 0.658 bits per heavy atom. The smallest absolute Gasteiger partial charge is 0.414 e. The number of carbonyl (C=O) groups is 4. The van der Waals surface area contributed by atoms with E-state index in [2.05, 4.69) is 10.6 Å². The summed E-state index contributed by atoms with van der Waals surface area (Å²) in [4.78, 5) is 41.3. The molecule has 4 aliphatic rings. The highest BCUT2D eigenvalue weighted by Gasteiger charge is 2.47. The summed E-state index contributed by atoms with van der Waals surface area (Å²) >= 11 is 0. The van der Waals surface area contributed by atoms with E-state index in [1.54, 1.807) is 0 Å². The number of fused-ring (bicyclic) bond motifs is 4. The summed E-state index contributed by atoms with van der Waals surface area (Å²) in [6.45, 7) is 11.1. The van der Waals surface area contributed by atoms with Gasteiger partial charge in [-0.3, -0.25) is 0 Å². The number of nitrogens with one attached hydrogen (secondary N) is 2. The molecule has 8 N–H and O–H groups in total. The van der Waals surface area contributed by atoms with Gasteiger partial charge in [0.25, 0.3) is 0 Å². The maximum Gasteiger partial charge on any atom is 0.414 e. The van der Waals surface area contributed by atoms with Crippen LogP contribution in [0.4, 0.5) is 9.59 Å². The van der Waals surface area contributed by atoms with Crippen LogP contribution in [0.3, 0.4) is 0 Å². The predicted octanol–water partition coefficient (Wildman–Crippen LogP) is 0.692. The largest absolute Gasteiger partial charge is 0.473 e. The van der Waals surface area contributed by atoms with Gasteiger partial charge in [0.15, 0.2) is 0 Å². The number of carbonyl (C=O) groups excluding carboxylic acids is 2. The minimum absolute atomic E-state index is 0.0552. The lowest BCUT2D eigenvalue weighted by molar-refractivity contribution is -0.159. The molecule has 0 aromatic rings. The lowest BCUT2D eigenvalue weighted by Gasteiger charge is -2.25. The molecule has 4 saturated heterocycles.